The van der Waals surface area contributed by atoms with Crippen LogP contribution in [0, 0.1) is 5.92 Å². The van der Waals surface area contributed by atoms with Crippen LogP contribution in [0.3, 0.4) is 0 Å². The van der Waals surface area contributed by atoms with E-state index in [2.05, 4.69) is 10.0 Å². The van der Waals surface area contributed by atoms with Crippen molar-refractivity contribution in [1.29, 1.82) is 0 Å². The number of alkyl carbamates (subject to hydrolysis) is 1. The number of nitrogens with zero attached hydrogens (tertiary/aromatic N) is 3. The average Bonchev–Trinajstić information content (AvgIpc) is 3.35. The summed E-state index contributed by atoms with van der Waals surface area (Å²) in [6.07, 6.45) is 4.83. The highest BCUT2D eigenvalue weighted by atomic mass is 32.2. The fourth-order valence-corrected chi connectivity index (χ4v) is 7.87. The molecule has 0 atom stereocenters. The second-order valence-electron chi connectivity index (χ2n) is 11.1. The van der Waals surface area contributed by atoms with Crippen molar-refractivity contribution in [3.63, 3.8) is 0 Å². The maximum atomic E-state index is 13.4. The number of rotatable bonds is 10. The summed E-state index contributed by atoms with van der Waals surface area (Å²) in [5.41, 5.74) is 1.38. The van der Waals surface area contributed by atoms with Crippen LogP contribution in [0.4, 0.5) is 10.5 Å². The molecule has 220 valence electrons. The Hall–Kier alpha value is -2.70. The Balaban J connectivity index is 1.52. The Labute approximate surface area is 241 Å². The highest BCUT2D eigenvalue weighted by Crippen LogP contribution is 2.41. The van der Waals surface area contributed by atoms with Gasteiger partial charge in [-0.25, -0.2) is 9.78 Å². The Morgan fingerprint density at radius 2 is 1.80 bits per heavy atom. The van der Waals surface area contributed by atoms with Gasteiger partial charge in [0.1, 0.15) is 0 Å². The fourth-order valence-electron chi connectivity index (χ4n) is 5.30. The van der Waals surface area contributed by atoms with E-state index in [1.807, 2.05) is 58.2 Å². The van der Waals surface area contributed by atoms with Crippen LogP contribution in [-0.4, -0.2) is 68.1 Å². The predicted molar refractivity (Wildman–Crippen MR) is 158 cm³/mol. The van der Waals surface area contributed by atoms with Crippen LogP contribution in [0.5, 0.6) is 0 Å². The first-order chi connectivity index (χ1) is 19.0. The van der Waals surface area contributed by atoms with Gasteiger partial charge >= 0.3 is 16.3 Å². The minimum absolute atomic E-state index is 0.0270. The van der Waals surface area contributed by atoms with Gasteiger partial charge in [-0.3, -0.25) is 9.10 Å². The molecule has 40 heavy (non-hydrogen) atoms. The Kier molecular flexibility index (Phi) is 9.73. The van der Waals surface area contributed by atoms with E-state index in [4.69, 9.17) is 9.72 Å². The highest BCUT2D eigenvalue weighted by Gasteiger charge is 2.41. The normalized spacial score (nSPS) is 19.9. The zero-order valence-electron chi connectivity index (χ0n) is 23.9. The number of amides is 2. The van der Waals surface area contributed by atoms with E-state index in [1.54, 1.807) is 23.2 Å². The average molecular weight is 592 g/mol. The SMILES string of the molecule is CCNS(=O)(=O)N(c1ccccc1-c1cnc(C2CCC(NC(=O)OC(C)C)CC2)s1)C1CN(C(=O)C(C)C)C1. The van der Waals surface area contributed by atoms with Crippen LogP contribution in [0.15, 0.2) is 30.5 Å². The van der Waals surface area contributed by atoms with Crippen LogP contribution in [0.25, 0.3) is 10.4 Å². The van der Waals surface area contributed by atoms with Gasteiger partial charge in [0, 0.05) is 49.3 Å². The fraction of sp³-hybridized carbons (Fsp3) is 0.607. The van der Waals surface area contributed by atoms with Crippen LogP contribution < -0.4 is 14.3 Å². The Bertz CT molecular complexity index is 1280. The largest absolute Gasteiger partial charge is 0.447 e. The summed E-state index contributed by atoms with van der Waals surface area (Å²) in [6.45, 7) is 10.1. The zero-order chi connectivity index (χ0) is 29.0. The Morgan fingerprint density at radius 1 is 1.12 bits per heavy atom. The number of hydrogen-bond donors (Lipinski definition) is 2. The first-order valence-corrected chi connectivity index (χ1v) is 16.4. The van der Waals surface area contributed by atoms with Crippen LogP contribution in [-0.2, 0) is 19.7 Å². The van der Waals surface area contributed by atoms with Crippen molar-refractivity contribution in [3.05, 3.63) is 35.5 Å². The molecule has 1 aromatic carbocycles. The Morgan fingerprint density at radius 3 is 2.42 bits per heavy atom. The lowest BCUT2D eigenvalue weighted by molar-refractivity contribution is -0.138. The summed E-state index contributed by atoms with van der Waals surface area (Å²) < 4.78 is 36.2. The topological polar surface area (TPSA) is 121 Å². The maximum Gasteiger partial charge on any atom is 0.407 e. The van der Waals surface area contributed by atoms with Gasteiger partial charge < -0.3 is 15.0 Å². The molecule has 1 saturated heterocycles. The van der Waals surface area contributed by atoms with E-state index in [1.165, 1.54) is 4.31 Å². The van der Waals surface area contributed by atoms with Gasteiger partial charge in [-0.1, -0.05) is 39.0 Å². The number of hydrogen-bond acceptors (Lipinski definition) is 7. The molecule has 0 bridgehead atoms. The molecule has 2 fully saturated rings. The van der Waals surface area contributed by atoms with Crippen molar-refractivity contribution >= 4 is 39.2 Å². The monoisotopic (exact) mass is 591 g/mol. The number of anilines is 1. The van der Waals surface area contributed by atoms with Crippen molar-refractivity contribution in [2.45, 2.75) is 84.4 Å². The summed E-state index contributed by atoms with van der Waals surface area (Å²) in [4.78, 5) is 31.8. The molecule has 2 aliphatic rings. The molecule has 0 unspecified atom stereocenters. The van der Waals surface area contributed by atoms with Crippen LogP contribution in [0.1, 0.15) is 71.2 Å². The third-order valence-electron chi connectivity index (χ3n) is 7.26. The van der Waals surface area contributed by atoms with Crippen molar-refractivity contribution in [3.8, 4) is 10.4 Å². The molecule has 1 aliphatic carbocycles. The van der Waals surface area contributed by atoms with Crippen molar-refractivity contribution in [2.75, 3.05) is 23.9 Å². The molecule has 12 heteroatoms. The number of carbonyl (C=O) groups excluding carboxylic acids is 2. The second-order valence-corrected chi connectivity index (χ2v) is 13.8. The summed E-state index contributed by atoms with van der Waals surface area (Å²) in [7, 11) is -3.84. The minimum Gasteiger partial charge on any atom is -0.447 e. The summed E-state index contributed by atoms with van der Waals surface area (Å²) in [6, 6.07) is 7.23. The standard InChI is InChI=1S/C28H41N5O5S2/c1-6-30-40(36,37)33(22-16-32(17-22)27(34)18(2)3)24-10-8-7-9-23(24)25-15-29-26(39-25)20-11-13-21(14-12-20)31-28(35)38-19(4)5/h7-10,15,18-22,30H,6,11-14,16-17H2,1-5H3,(H,31,35). The number of carbonyl (C=O) groups is 2. The second kappa shape index (κ2) is 12.9. The quantitative estimate of drug-likeness (QED) is 0.420. The predicted octanol–water partition coefficient (Wildman–Crippen LogP) is 4.50. The van der Waals surface area contributed by atoms with E-state index in [9.17, 15) is 18.0 Å². The van der Waals surface area contributed by atoms with Gasteiger partial charge in [-0.15, -0.1) is 11.3 Å². The molecule has 2 aromatic rings. The molecular weight excluding hydrogens is 550 g/mol. The molecule has 1 aliphatic heterocycles. The number of aromatic nitrogens is 1. The minimum atomic E-state index is -3.84. The number of thiazole rings is 1. The number of nitrogens with one attached hydrogen (secondary N) is 2. The summed E-state index contributed by atoms with van der Waals surface area (Å²) >= 11 is 1.59. The molecule has 2 amide bonds. The summed E-state index contributed by atoms with van der Waals surface area (Å²) in [5, 5.41) is 3.98. The number of ether oxygens (including phenoxy) is 1. The van der Waals surface area contributed by atoms with E-state index >= 15 is 0 Å². The lowest BCUT2D eigenvalue weighted by Gasteiger charge is -2.46. The molecule has 4 rings (SSSR count). The molecular formula is C28H41N5O5S2. The van der Waals surface area contributed by atoms with Gasteiger partial charge in [-0.05, 0) is 45.6 Å². The van der Waals surface area contributed by atoms with Crippen molar-refractivity contribution in [1.82, 2.24) is 19.9 Å². The lowest BCUT2D eigenvalue weighted by Crippen LogP contribution is -2.64. The van der Waals surface area contributed by atoms with Crippen molar-refractivity contribution in [2.24, 2.45) is 5.92 Å². The molecule has 2 N–H and O–H groups in total. The highest BCUT2D eigenvalue weighted by molar-refractivity contribution is 7.90. The van der Waals surface area contributed by atoms with E-state index in [-0.39, 0.29) is 48.6 Å². The first kappa shape index (κ1) is 30.3. The van der Waals surface area contributed by atoms with E-state index in [0.717, 1.165) is 41.1 Å². The number of benzene rings is 1. The van der Waals surface area contributed by atoms with Crippen LogP contribution in [0.2, 0.25) is 0 Å². The molecule has 0 spiro atoms. The third kappa shape index (κ3) is 6.95. The van der Waals surface area contributed by atoms with Gasteiger partial charge in [0.25, 0.3) is 0 Å². The number of para-hydroxylation sites is 1. The van der Waals surface area contributed by atoms with Gasteiger partial charge in [0.2, 0.25) is 5.91 Å². The molecule has 1 saturated carbocycles. The van der Waals surface area contributed by atoms with E-state index < -0.39 is 10.2 Å². The first-order valence-electron chi connectivity index (χ1n) is 14.1. The number of likely N-dealkylation sites (tertiary alicyclic amines) is 1. The van der Waals surface area contributed by atoms with Crippen molar-refractivity contribution < 1.29 is 22.7 Å². The maximum absolute atomic E-state index is 13.4. The smallest absolute Gasteiger partial charge is 0.407 e. The zero-order valence-corrected chi connectivity index (χ0v) is 25.6. The van der Waals surface area contributed by atoms with Gasteiger partial charge in [0.15, 0.2) is 0 Å². The van der Waals surface area contributed by atoms with E-state index in [0.29, 0.717) is 18.8 Å². The molecule has 2 heterocycles. The van der Waals surface area contributed by atoms with Gasteiger partial charge in [0.05, 0.1) is 27.7 Å². The third-order valence-corrected chi connectivity index (χ3v) is 10.1. The molecule has 10 nitrogen and oxygen atoms in total. The van der Waals surface area contributed by atoms with Gasteiger partial charge in [-0.2, -0.15) is 13.1 Å². The molecule has 0 radical (unpaired) electrons. The summed E-state index contributed by atoms with van der Waals surface area (Å²) in [5.74, 6) is 0.176. The lowest BCUT2D eigenvalue weighted by atomic mass is 9.86. The molecule has 1 aromatic heterocycles. The van der Waals surface area contributed by atoms with Crippen LogP contribution >= 0.6 is 11.3 Å².